The summed E-state index contributed by atoms with van der Waals surface area (Å²) < 4.78 is 0. The number of nitrogens with one attached hydrogen (secondary N) is 1. The molecule has 0 fully saturated rings. The lowest BCUT2D eigenvalue weighted by molar-refractivity contribution is 1.16. The molecule has 0 aliphatic rings. The van der Waals surface area contributed by atoms with Crippen molar-refractivity contribution in [3.05, 3.63) is 17.8 Å². The highest BCUT2D eigenvalue weighted by Gasteiger charge is 1.94. The van der Waals surface area contributed by atoms with Gasteiger partial charge in [-0.15, -0.1) is 0 Å². The molecule has 0 aromatic heterocycles. The number of hydrogen-bond acceptors (Lipinski definition) is 2. The molecule has 0 aliphatic carbocycles. The molecule has 0 saturated carbocycles. The summed E-state index contributed by atoms with van der Waals surface area (Å²) in [5.41, 5.74) is 2.19. The molecule has 60 valence electrons. The Hall–Kier alpha value is -1.14. The monoisotopic (exact) mass is 150 g/mol. The van der Waals surface area contributed by atoms with Gasteiger partial charge in [0.05, 0.1) is 6.20 Å². The highest BCUT2D eigenvalue weighted by Crippen LogP contribution is 2.02. The molecule has 0 aromatic carbocycles. The summed E-state index contributed by atoms with van der Waals surface area (Å²) in [6, 6.07) is 0. The quantitative estimate of drug-likeness (QED) is 0.600. The predicted octanol–water partition coefficient (Wildman–Crippen LogP) is 2.57. The molecule has 0 aromatic rings. The smallest absolute Gasteiger partial charge is 0.0877 e. The van der Waals surface area contributed by atoms with Crippen LogP contribution in [0.4, 0.5) is 0 Å². The van der Waals surface area contributed by atoms with Crippen molar-refractivity contribution < 1.29 is 0 Å². The third-order valence-corrected chi connectivity index (χ3v) is 1.52. The van der Waals surface area contributed by atoms with E-state index in [0.717, 1.165) is 12.1 Å². The molecule has 11 heavy (non-hydrogen) atoms. The highest BCUT2D eigenvalue weighted by atomic mass is 14.7. The Labute approximate surface area is 67.9 Å². The van der Waals surface area contributed by atoms with E-state index in [2.05, 4.69) is 17.8 Å². The maximum Gasteiger partial charge on any atom is 0.0877 e. The van der Waals surface area contributed by atoms with Gasteiger partial charge < -0.3 is 0 Å². The first-order chi connectivity index (χ1) is 5.26. The number of aliphatic imine (C=N–C) groups is 1. The summed E-state index contributed by atoms with van der Waals surface area (Å²) in [6.45, 7) is 6.02. The topological polar surface area (TPSA) is 36.2 Å². The van der Waals surface area contributed by atoms with Crippen LogP contribution in [0.5, 0.6) is 0 Å². The van der Waals surface area contributed by atoms with E-state index in [9.17, 15) is 0 Å². The van der Waals surface area contributed by atoms with Crippen LogP contribution in [0.15, 0.2) is 22.8 Å². The Balaban J connectivity index is 4.44. The Kier molecular flexibility index (Phi) is 5.05. The van der Waals surface area contributed by atoms with Crippen molar-refractivity contribution in [2.24, 2.45) is 4.99 Å². The van der Waals surface area contributed by atoms with Crippen LogP contribution in [-0.2, 0) is 0 Å². The van der Waals surface area contributed by atoms with Crippen LogP contribution >= 0.6 is 0 Å². The third-order valence-electron chi connectivity index (χ3n) is 1.52. The molecule has 0 unspecified atom stereocenters. The van der Waals surface area contributed by atoms with Crippen molar-refractivity contribution in [1.82, 2.24) is 0 Å². The molecule has 0 aliphatic heterocycles. The van der Waals surface area contributed by atoms with Crippen LogP contribution in [0.3, 0.4) is 0 Å². The van der Waals surface area contributed by atoms with Crippen molar-refractivity contribution in [2.45, 2.75) is 27.2 Å². The standard InChI is InChI=1S/C9H14N2/c1-4-9(5-2)8(3)11-7-6-10/h4,7,10H,5H2,1-3H3/b9-4-,11-8?. The van der Waals surface area contributed by atoms with Crippen molar-refractivity contribution in [3.63, 3.8) is 0 Å². The van der Waals surface area contributed by atoms with E-state index in [1.165, 1.54) is 11.8 Å². The average molecular weight is 150 g/mol. The maximum absolute atomic E-state index is 6.62. The minimum Gasteiger partial charge on any atom is -0.257 e. The van der Waals surface area contributed by atoms with E-state index in [4.69, 9.17) is 5.41 Å². The van der Waals surface area contributed by atoms with Crippen LogP contribution in [0.1, 0.15) is 27.2 Å². The van der Waals surface area contributed by atoms with Crippen LogP contribution in [0, 0.1) is 5.41 Å². The van der Waals surface area contributed by atoms with Gasteiger partial charge in [-0.3, -0.25) is 10.4 Å². The van der Waals surface area contributed by atoms with Gasteiger partial charge in [0.2, 0.25) is 0 Å². The zero-order valence-electron chi connectivity index (χ0n) is 7.31. The second kappa shape index (κ2) is 5.63. The molecule has 0 saturated heterocycles. The van der Waals surface area contributed by atoms with Gasteiger partial charge in [-0.05, 0) is 31.7 Å². The van der Waals surface area contributed by atoms with Gasteiger partial charge in [0.15, 0.2) is 0 Å². The maximum atomic E-state index is 6.62. The molecule has 2 nitrogen and oxygen atoms in total. The van der Waals surface area contributed by atoms with Crippen molar-refractivity contribution in [3.8, 4) is 0 Å². The second-order valence-corrected chi connectivity index (χ2v) is 2.16. The number of nitrogens with zero attached hydrogens (tertiary/aromatic N) is 1. The van der Waals surface area contributed by atoms with Crippen molar-refractivity contribution >= 4 is 11.6 Å². The van der Waals surface area contributed by atoms with E-state index < -0.39 is 0 Å². The number of allylic oxidation sites excluding steroid dienone is 2. The summed E-state index contributed by atoms with van der Waals surface area (Å²) >= 11 is 0. The summed E-state index contributed by atoms with van der Waals surface area (Å²) in [7, 11) is 0. The molecule has 1 N–H and O–H groups in total. The summed E-state index contributed by atoms with van der Waals surface area (Å²) in [5.74, 6) is 2.11. The number of hydrogen-bond donors (Lipinski definition) is 1. The summed E-state index contributed by atoms with van der Waals surface area (Å²) in [5, 5.41) is 6.62. The minimum atomic E-state index is 0.967. The highest BCUT2D eigenvalue weighted by molar-refractivity contribution is 5.98. The molecular weight excluding hydrogens is 136 g/mol. The average Bonchev–Trinajstić information content (AvgIpc) is 2.03. The van der Waals surface area contributed by atoms with Gasteiger partial charge >= 0.3 is 0 Å². The van der Waals surface area contributed by atoms with Gasteiger partial charge in [-0.25, -0.2) is 0 Å². The molecule has 0 atom stereocenters. The third kappa shape index (κ3) is 3.54. The Morgan fingerprint density at radius 1 is 1.64 bits per heavy atom. The minimum absolute atomic E-state index is 0.967. The fourth-order valence-electron chi connectivity index (χ4n) is 0.881. The Morgan fingerprint density at radius 2 is 2.27 bits per heavy atom. The number of rotatable bonds is 3. The fraction of sp³-hybridized carbons (Fsp3) is 0.444. The first kappa shape index (κ1) is 9.86. The SMILES string of the molecule is C/C=C(/CC)C(C)=NC=C=N. The first-order valence-corrected chi connectivity index (χ1v) is 3.70. The molecule has 0 heterocycles. The van der Waals surface area contributed by atoms with E-state index >= 15 is 0 Å². The fourth-order valence-corrected chi connectivity index (χ4v) is 0.881. The normalized spacial score (nSPS) is 12.6. The van der Waals surface area contributed by atoms with Crippen molar-refractivity contribution in [2.75, 3.05) is 0 Å². The predicted molar refractivity (Wildman–Crippen MR) is 49.5 cm³/mol. The zero-order valence-corrected chi connectivity index (χ0v) is 7.31. The Bertz CT molecular complexity index is 218. The van der Waals surface area contributed by atoms with Gasteiger partial charge in [0, 0.05) is 5.71 Å². The largest absolute Gasteiger partial charge is 0.257 e. The van der Waals surface area contributed by atoms with E-state index in [1.54, 1.807) is 0 Å². The lowest BCUT2D eigenvalue weighted by atomic mass is 10.1. The van der Waals surface area contributed by atoms with Crippen LogP contribution < -0.4 is 0 Å². The molecule has 0 bridgehead atoms. The van der Waals surface area contributed by atoms with Crippen LogP contribution in [0.2, 0.25) is 0 Å². The van der Waals surface area contributed by atoms with E-state index in [0.29, 0.717) is 0 Å². The van der Waals surface area contributed by atoms with E-state index in [-0.39, 0.29) is 0 Å². The molecular formula is C9H14N2. The Morgan fingerprint density at radius 3 is 2.64 bits per heavy atom. The van der Waals surface area contributed by atoms with Gasteiger partial charge in [-0.2, -0.15) is 0 Å². The van der Waals surface area contributed by atoms with Crippen molar-refractivity contribution in [1.29, 1.82) is 5.41 Å². The molecule has 2 heteroatoms. The molecule has 0 spiro atoms. The second-order valence-electron chi connectivity index (χ2n) is 2.16. The van der Waals surface area contributed by atoms with Gasteiger partial charge in [0.25, 0.3) is 0 Å². The van der Waals surface area contributed by atoms with Crippen LogP contribution in [0.25, 0.3) is 0 Å². The van der Waals surface area contributed by atoms with Gasteiger partial charge in [0.1, 0.15) is 0 Å². The van der Waals surface area contributed by atoms with Gasteiger partial charge in [-0.1, -0.05) is 13.0 Å². The first-order valence-electron chi connectivity index (χ1n) is 3.70. The molecule has 0 radical (unpaired) electrons. The summed E-state index contributed by atoms with van der Waals surface area (Å²) in [6.07, 6.45) is 4.39. The zero-order chi connectivity index (χ0) is 8.69. The van der Waals surface area contributed by atoms with Crippen LogP contribution in [-0.4, -0.2) is 11.6 Å². The lowest BCUT2D eigenvalue weighted by Crippen LogP contribution is -1.94. The summed E-state index contributed by atoms with van der Waals surface area (Å²) in [4.78, 5) is 4.01. The molecule has 0 amide bonds. The molecule has 0 rings (SSSR count). The van der Waals surface area contributed by atoms with E-state index in [1.807, 2.05) is 19.9 Å². The lowest BCUT2D eigenvalue weighted by Gasteiger charge is -1.99.